The van der Waals surface area contributed by atoms with Crippen molar-refractivity contribution in [2.75, 3.05) is 0 Å². The van der Waals surface area contributed by atoms with Gasteiger partial charge in [0.05, 0.1) is 16.6 Å². The molecule has 0 aliphatic rings. The van der Waals surface area contributed by atoms with Crippen molar-refractivity contribution in [2.45, 2.75) is 0 Å². The molecule has 8 aromatic carbocycles. The first-order valence-electron chi connectivity index (χ1n) is 17.7. The molecule has 0 spiro atoms. The van der Waals surface area contributed by atoms with Crippen LogP contribution in [0.2, 0.25) is 0 Å². The molecule has 0 saturated carbocycles. The normalized spacial score (nSPS) is 11.8. The molecule has 11 rings (SSSR count). The van der Waals surface area contributed by atoms with Gasteiger partial charge >= 0.3 is 0 Å². The highest BCUT2D eigenvalue weighted by atomic mass is 15.1. The second-order valence-corrected chi connectivity index (χ2v) is 13.4. The van der Waals surface area contributed by atoms with Crippen LogP contribution in [0.1, 0.15) is 0 Å². The smallest absolute Gasteiger partial charge is 0.166 e. The summed E-state index contributed by atoms with van der Waals surface area (Å²) in [5.74, 6) is 1.53. The Hall–Kier alpha value is -7.04. The van der Waals surface area contributed by atoms with E-state index in [2.05, 4.69) is 185 Å². The highest BCUT2D eigenvalue weighted by molar-refractivity contribution is 6.26. The molecule has 0 amide bonds. The van der Waals surface area contributed by atoms with Crippen molar-refractivity contribution in [3.63, 3.8) is 0 Å². The van der Waals surface area contributed by atoms with E-state index in [0.29, 0.717) is 5.82 Å². The van der Waals surface area contributed by atoms with Crippen LogP contribution in [0.4, 0.5) is 0 Å². The van der Waals surface area contributed by atoms with Gasteiger partial charge < -0.3 is 4.57 Å². The molecule has 0 unspecified atom stereocenters. The molecule has 0 fully saturated rings. The summed E-state index contributed by atoms with van der Waals surface area (Å²) in [6, 6.07) is 64.7. The maximum absolute atomic E-state index is 5.59. The van der Waals surface area contributed by atoms with E-state index in [9.17, 15) is 0 Å². The minimum Gasteiger partial charge on any atom is -0.305 e. The standard InChI is InChI=1S/C48H30N4/c1-4-15-31(16-5-1)37-25-14-26-39-42(37)43-36-23-12-10-17-32(36)27-29-40(43)52(39)48-46-45(49-47(50-48)34-19-6-2-7-20-34)44-38-24-13-11-18-33(38)28-30-41(44)51(46)35-21-8-3-9-22-35/h1-30H. The molecule has 0 saturated heterocycles. The van der Waals surface area contributed by atoms with Crippen LogP contribution in [0.5, 0.6) is 0 Å². The van der Waals surface area contributed by atoms with E-state index >= 15 is 0 Å². The molecule has 0 aliphatic heterocycles. The minimum atomic E-state index is 0.693. The van der Waals surface area contributed by atoms with Crippen LogP contribution in [0.25, 0.3) is 99.3 Å². The summed E-state index contributed by atoms with van der Waals surface area (Å²) in [7, 11) is 0. The van der Waals surface area contributed by atoms with Gasteiger partial charge in [0, 0.05) is 27.4 Å². The van der Waals surface area contributed by atoms with Crippen LogP contribution in [0.15, 0.2) is 182 Å². The molecule has 52 heavy (non-hydrogen) atoms. The molecule has 4 heteroatoms. The Balaban J connectivity index is 1.41. The third-order valence-corrected chi connectivity index (χ3v) is 10.5. The fourth-order valence-electron chi connectivity index (χ4n) is 8.27. The number of hydrogen-bond donors (Lipinski definition) is 0. The molecule has 242 valence electrons. The second-order valence-electron chi connectivity index (χ2n) is 13.4. The SMILES string of the molecule is c1ccc(-c2nc(-n3c4cccc(-c5ccccc5)c4c4c5ccccc5ccc43)c3c(n2)c2c4ccccc4ccc2n3-c2ccccc2)cc1. The third-order valence-electron chi connectivity index (χ3n) is 10.5. The van der Waals surface area contributed by atoms with Crippen LogP contribution < -0.4 is 0 Å². The van der Waals surface area contributed by atoms with Crippen LogP contribution >= 0.6 is 0 Å². The summed E-state index contributed by atoms with van der Waals surface area (Å²) in [5.41, 5.74) is 9.60. The highest BCUT2D eigenvalue weighted by Gasteiger charge is 2.26. The monoisotopic (exact) mass is 662 g/mol. The lowest BCUT2D eigenvalue weighted by Crippen LogP contribution is -2.05. The second kappa shape index (κ2) is 11.2. The summed E-state index contributed by atoms with van der Waals surface area (Å²) in [6.07, 6.45) is 0. The van der Waals surface area contributed by atoms with E-state index in [1.807, 2.05) is 6.07 Å². The molecule has 0 aliphatic carbocycles. The zero-order valence-electron chi connectivity index (χ0n) is 28.1. The lowest BCUT2D eigenvalue weighted by Gasteiger charge is -2.14. The van der Waals surface area contributed by atoms with Crippen molar-refractivity contribution < 1.29 is 0 Å². The Labute approximate surface area is 299 Å². The predicted octanol–water partition coefficient (Wildman–Crippen LogP) is 12.3. The number of rotatable bonds is 4. The van der Waals surface area contributed by atoms with E-state index in [1.165, 1.54) is 43.4 Å². The molecule has 0 atom stereocenters. The molecular weight excluding hydrogens is 633 g/mol. The zero-order chi connectivity index (χ0) is 34.2. The Bertz CT molecular complexity index is 3160. The maximum atomic E-state index is 5.59. The summed E-state index contributed by atoms with van der Waals surface area (Å²) in [4.78, 5) is 11.1. The quantitative estimate of drug-likeness (QED) is 0.188. The van der Waals surface area contributed by atoms with E-state index in [-0.39, 0.29) is 0 Å². The van der Waals surface area contributed by atoms with E-state index in [1.54, 1.807) is 0 Å². The van der Waals surface area contributed by atoms with Gasteiger partial charge in [-0.1, -0.05) is 152 Å². The van der Waals surface area contributed by atoms with Crippen LogP contribution in [0.3, 0.4) is 0 Å². The lowest BCUT2D eigenvalue weighted by molar-refractivity contribution is 1.05. The topological polar surface area (TPSA) is 35.6 Å². The van der Waals surface area contributed by atoms with Gasteiger partial charge in [-0.25, -0.2) is 9.97 Å². The van der Waals surface area contributed by atoms with E-state index in [4.69, 9.17) is 9.97 Å². The fourth-order valence-corrected chi connectivity index (χ4v) is 8.27. The van der Waals surface area contributed by atoms with Crippen LogP contribution in [0, 0.1) is 0 Å². The number of benzene rings is 8. The predicted molar refractivity (Wildman–Crippen MR) is 217 cm³/mol. The number of para-hydroxylation sites is 1. The summed E-state index contributed by atoms with van der Waals surface area (Å²) >= 11 is 0. The van der Waals surface area contributed by atoms with Crippen LogP contribution in [-0.2, 0) is 0 Å². The number of fused-ring (bicyclic) bond motifs is 10. The highest BCUT2D eigenvalue weighted by Crippen LogP contribution is 2.45. The van der Waals surface area contributed by atoms with Gasteiger partial charge in [-0.2, -0.15) is 0 Å². The van der Waals surface area contributed by atoms with Crippen molar-refractivity contribution in [1.29, 1.82) is 0 Å². The van der Waals surface area contributed by atoms with Crippen molar-refractivity contribution in [1.82, 2.24) is 19.1 Å². The molecule has 11 aromatic rings. The van der Waals surface area contributed by atoms with Crippen molar-refractivity contribution in [3.05, 3.63) is 182 Å². The average Bonchev–Trinajstić information content (AvgIpc) is 3.75. The Morgan fingerprint density at radius 3 is 1.62 bits per heavy atom. The van der Waals surface area contributed by atoms with Crippen molar-refractivity contribution >= 4 is 65.3 Å². The number of hydrogen-bond acceptors (Lipinski definition) is 2. The molecule has 0 radical (unpaired) electrons. The first-order valence-corrected chi connectivity index (χ1v) is 17.7. The summed E-state index contributed by atoms with van der Waals surface area (Å²) in [6.45, 7) is 0. The van der Waals surface area contributed by atoms with Crippen LogP contribution in [-0.4, -0.2) is 19.1 Å². The van der Waals surface area contributed by atoms with Gasteiger partial charge in [-0.3, -0.25) is 4.57 Å². The fraction of sp³-hybridized carbons (Fsp3) is 0. The van der Waals surface area contributed by atoms with Gasteiger partial charge in [0.25, 0.3) is 0 Å². The summed E-state index contributed by atoms with van der Waals surface area (Å²) in [5, 5.41) is 8.32. The van der Waals surface area contributed by atoms with E-state index in [0.717, 1.165) is 50.0 Å². The zero-order valence-corrected chi connectivity index (χ0v) is 28.1. The minimum absolute atomic E-state index is 0.693. The maximum Gasteiger partial charge on any atom is 0.166 e. The third kappa shape index (κ3) is 4.15. The van der Waals surface area contributed by atoms with E-state index < -0.39 is 0 Å². The van der Waals surface area contributed by atoms with Gasteiger partial charge in [0.1, 0.15) is 11.0 Å². The summed E-state index contributed by atoms with van der Waals surface area (Å²) < 4.78 is 4.75. The molecule has 0 N–H and O–H groups in total. The number of nitrogens with zero attached hydrogens (tertiary/aromatic N) is 4. The number of aromatic nitrogens is 4. The molecule has 4 nitrogen and oxygen atoms in total. The van der Waals surface area contributed by atoms with Gasteiger partial charge in [-0.05, 0) is 63.0 Å². The molecule has 3 aromatic heterocycles. The first-order chi connectivity index (χ1) is 25.8. The average molecular weight is 663 g/mol. The Kier molecular flexibility index (Phi) is 6.22. The molecular formula is C48H30N4. The van der Waals surface area contributed by atoms with Gasteiger partial charge in [-0.15, -0.1) is 0 Å². The van der Waals surface area contributed by atoms with Gasteiger partial charge in [0.2, 0.25) is 0 Å². The molecule has 0 bridgehead atoms. The molecule has 3 heterocycles. The van der Waals surface area contributed by atoms with Crippen molar-refractivity contribution in [3.8, 4) is 34.0 Å². The van der Waals surface area contributed by atoms with Crippen molar-refractivity contribution in [2.24, 2.45) is 0 Å². The van der Waals surface area contributed by atoms with Gasteiger partial charge in [0.15, 0.2) is 11.6 Å². The Morgan fingerprint density at radius 2 is 0.923 bits per heavy atom. The largest absolute Gasteiger partial charge is 0.305 e. The lowest BCUT2D eigenvalue weighted by atomic mass is 9.97. The first kappa shape index (κ1) is 28.8. The Morgan fingerprint density at radius 1 is 0.365 bits per heavy atom.